The summed E-state index contributed by atoms with van der Waals surface area (Å²) >= 11 is 5.82. The van der Waals surface area contributed by atoms with E-state index in [1.165, 1.54) is 12.8 Å². The van der Waals surface area contributed by atoms with Crippen LogP contribution in [0.3, 0.4) is 0 Å². The second kappa shape index (κ2) is 5.80. The lowest BCUT2D eigenvalue weighted by atomic mass is 9.98. The third kappa shape index (κ3) is 3.41. The van der Waals surface area contributed by atoms with Crippen molar-refractivity contribution in [3.63, 3.8) is 0 Å². The lowest BCUT2D eigenvalue weighted by molar-refractivity contribution is 0.0310. The molecule has 0 bridgehead atoms. The first-order valence-electron chi connectivity index (χ1n) is 6.19. The highest BCUT2D eigenvalue weighted by Crippen LogP contribution is 2.21. The lowest BCUT2D eigenvalue weighted by Crippen LogP contribution is -2.45. The minimum Gasteiger partial charge on any atom is -0.392 e. The van der Waals surface area contributed by atoms with Crippen molar-refractivity contribution in [1.29, 1.82) is 0 Å². The number of piperidine rings is 1. The zero-order valence-electron chi connectivity index (χ0n) is 10.1. The molecule has 0 saturated carbocycles. The summed E-state index contributed by atoms with van der Waals surface area (Å²) in [6, 6.07) is 4.09. The van der Waals surface area contributed by atoms with Crippen LogP contribution in [0.2, 0.25) is 5.02 Å². The van der Waals surface area contributed by atoms with Crippen LogP contribution in [0.4, 0.5) is 0 Å². The number of nitrogens with zero attached hydrogens (tertiary/aromatic N) is 2. The molecule has 2 rings (SSSR count). The Balaban J connectivity index is 2.02. The molecule has 2 heterocycles. The number of likely N-dealkylation sites (tertiary alicyclic amines) is 1. The van der Waals surface area contributed by atoms with Gasteiger partial charge in [-0.3, -0.25) is 9.88 Å². The summed E-state index contributed by atoms with van der Waals surface area (Å²) in [7, 11) is 0. The van der Waals surface area contributed by atoms with Gasteiger partial charge in [-0.1, -0.05) is 18.0 Å². The van der Waals surface area contributed by atoms with E-state index < -0.39 is 0 Å². The highest BCUT2D eigenvalue weighted by atomic mass is 35.5. The molecule has 0 aromatic carbocycles. The van der Waals surface area contributed by atoms with E-state index in [2.05, 4.69) is 9.88 Å². The minimum absolute atomic E-state index is 0.265. The lowest BCUT2D eigenvalue weighted by Gasteiger charge is -2.37. The predicted molar refractivity (Wildman–Crippen MR) is 69.0 cm³/mol. The van der Waals surface area contributed by atoms with E-state index in [1.807, 2.05) is 19.1 Å². The Labute approximate surface area is 107 Å². The molecule has 1 aromatic heterocycles. The summed E-state index contributed by atoms with van der Waals surface area (Å²) < 4.78 is 0. The Morgan fingerprint density at radius 2 is 2.35 bits per heavy atom. The van der Waals surface area contributed by atoms with Gasteiger partial charge in [0.05, 0.1) is 16.8 Å². The topological polar surface area (TPSA) is 36.4 Å². The normalized spacial score (nSPS) is 23.6. The largest absolute Gasteiger partial charge is 0.392 e. The summed E-state index contributed by atoms with van der Waals surface area (Å²) in [5.74, 6) is 0. The maximum Gasteiger partial charge on any atom is 0.0667 e. The average molecular weight is 255 g/mol. The van der Waals surface area contributed by atoms with Crippen molar-refractivity contribution in [3.05, 3.63) is 29.0 Å². The highest BCUT2D eigenvalue weighted by molar-refractivity contribution is 6.30. The molecule has 94 valence electrons. The number of aromatic nitrogens is 1. The second-order valence-corrected chi connectivity index (χ2v) is 5.18. The van der Waals surface area contributed by atoms with Gasteiger partial charge in [0.25, 0.3) is 0 Å². The van der Waals surface area contributed by atoms with Crippen LogP contribution in [0.5, 0.6) is 0 Å². The van der Waals surface area contributed by atoms with E-state index in [4.69, 9.17) is 11.6 Å². The smallest absolute Gasteiger partial charge is 0.0667 e. The second-order valence-electron chi connectivity index (χ2n) is 4.74. The van der Waals surface area contributed by atoms with Crippen LogP contribution in [0.1, 0.15) is 31.9 Å². The van der Waals surface area contributed by atoms with Crippen LogP contribution in [0.25, 0.3) is 0 Å². The number of pyridine rings is 1. The van der Waals surface area contributed by atoms with Gasteiger partial charge >= 0.3 is 0 Å². The maximum atomic E-state index is 9.79. The van der Waals surface area contributed by atoms with Crippen molar-refractivity contribution in [2.45, 2.75) is 44.9 Å². The van der Waals surface area contributed by atoms with E-state index in [1.54, 1.807) is 6.20 Å². The molecule has 1 saturated heterocycles. The summed E-state index contributed by atoms with van der Waals surface area (Å²) in [4.78, 5) is 6.63. The number of aliphatic hydroxyl groups excluding tert-OH is 1. The Kier molecular flexibility index (Phi) is 4.37. The molecule has 1 aliphatic rings. The van der Waals surface area contributed by atoms with Crippen molar-refractivity contribution in [3.8, 4) is 0 Å². The Hall–Kier alpha value is -0.640. The summed E-state index contributed by atoms with van der Waals surface area (Å²) in [5.41, 5.74) is 1.02. The fraction of sp³-hybridized carbons (Fsp3) is 0.615. The number of halogens is 1. The average Bonchev–Trinajstić information content (AvgIpc) is 2.32. The van der Waals surface area contributed by atoms with E-state index in [0.29, 0.717) is 5.02 Å². The first-order valence-corrected chi connectivity index (χ1v) is 6.57. The molecule has 0 aliphatic carbocycles. The molecular formula is C13H19ClN2O. The van der Waals surface area contributed by atoms with Gasteiger partial charge in [0, 0.05) is 18.8 Å². The van der Waals surface area contributed by atoms with Gasteiger partial charge < -0.3 is 5.11 Å². The molecule has 17 heavy (non-hydrogen) atoms. The zero-order chi connectivity index (χ0) is 12.3. The number of hydrogen-bond donors (Lipinski definition) is 1. The highest BCUT2D eigenvalue weighted by Gasteiger charge is 2.26. The van der Waals surface area contributed by atoms with Gasteiger partial charge in [0.1, 0.15) is 0 Å². The van der Waals surface area contributed by atoms with Gasteiger partial charge in [-0.25, -0.2) is 0 Å². The fourth-order valence-electron chi connectivity index (χ4n) is 2.47. The SMILES string of the molecule is CC(O)C1CCCCN1Cc1ccc(Cl)cn1. The molecule has 4 heteroatoms. The van der Waals surface area contributed by atoms with Gasteiger partial charge in [0.2, 0.25) is 0 Å². The van der Waals surface area contributed by atoms with Crippen LogP contribution < -0.4 is 0 Å². The van der Waals surface area contributed by atoms with Gasteiger partial charge in [-0.2, -0.15) is 0 Å². The van der Waals surface area contributed by atoms with E-state index in [9.17, 15) is 5.11 Å². The number of aliphatic hydroxyl groups is 1. The van der Waals surface area contributed by atoms with Crippen LogP contribution >= 0.6 is 11.6 Å². The number of hydrogen-bond acceptors (Lipinski definition) is 3. The van der Waals surface area contributed by atoms with E-state index >= 15 is 0 Å². The molecule has 2 atom stereocenters. The minimum atomic E-state index is -0.275. The summed E-state index contributed by atoms with van der Waals surface area (Å²) in [6.07, 6.45) is 4.89. The van der Waals surface area contributed by atoms with Gasteiger partial charge in [-0.15, -0.1) is 0 Å². The van der Waals surface area contributed by atoms with Crippen LogP contribution in [-0.2, 0) is 6.54 Å². The molecule has 1 N–H and O–H groups in total. The van der Waals surface area contributed by atoms with E-state index in [-0.39, 0.29) is 12.1 Å². The Morgan fingerprint density at radius 1 is 1.53 bits per heavy atom. The molecule has 0 radical (unpaired) electrons. The first-order chi connectivity index (χ1) is 8.16. The van der Waals surface area contributed by atoms with Gasteiger partial charge in [0.15, 0.2) is 0 Å². The summed E-state index contributed by atoms with van der Waals surface area (Å²) in [5, 5.41) is 10.5. The van der Waals surface area contributed by atoms with Crippen LogP contribution in [0.15, 0.2) is 18.3 Å². The monoisotopic (exact) mass is 254 g/mol. The molecular weight excluding hydrogens is 236 g/mol. The van der Waals surface area contributed by atoms with Crippen LogP contribution in [-0.4, -0.2) is 33.7 Å². The molecule has 1 aliphatic heterocycles. The van der Waals surface area contributed by atoms with Crippen LogP contribution in [0, 0.1) is 0 Å². The Bertz CT molecular complexity index is 353. The third-order valence-electron chi connectivity index (χ3n) is 3.37. The maximum absolute atomic E-state index is 9.79. The van der Waals surface area contributed by atoms with Crippen molar-refractivity contribution in [2.75, 3.05) is 6.54 Å². The van der Waals surface area contributed by atoms with Gasteiger partial charge in [-0.05, 0) is 38.4 Å². The molecule has 2 unspecified atom stereocenters. The molecule has 3 nitrogen and oxygen atoms in total. The van der Waals surface area contributed by atoms with Crippen molar-refractivity contribution >= 4 is 11.6 Å². The molecule has 0 amide bonds. The van der Waals surface area contributed by atoms with E-state index in [0.717, 1.165) is 25.2 Å². The van der Waals surface area contributed by atoms with Crippen molar-refractivity contribution in [2.24, 2.45) is 0 Å². The summed E-state index contributed by atoms with van der Waals surface area (Å²) in [6.45, 7) is 3.71. The molecule has 1 fully saturated rings. The zero-order valence-corrected chi connectivity index (χ0v) is 10.9. The standard InChI is InChI=1S/C13H19ClN2O/c1-10(17)13-4-2-3-7-16(13)9-12-6-5-11(14)8-15-12/h5-6,8,10,13,17H,2-4,7,9H2,1H3. The quantitative estimate of drug-likeness (QED) is 0.900. The first kappa shape index (κ1) is 12.8. The van der Waals surface area contributed by atoms with Crippen molar-refractivity contribution in [1.82, 2.24) is 9.88 Å². The predicted octanol–water partition coefficient (Wildman–Crippen LogP) is 2.47. The molecule has 0 spiro atoms. The number of rotatable bonds is 3. The third-order valence-corrected chi connectivity index (χ3v) is 3.60. The fourth-order valence-corrected chi connectivity index (χ4v) is 2.58. The molecule has 1 aromatic rings. The van der Waals surface area contributed by atoms with Crippen molar-refractivity contribution < 1.29 is 5.11 Å². The Morgan fingerprint density at radius 3 is 3.00 bits per heavy atom.